The van der Waals surface area contributed by atoms with Gasteiger partial charge in [0.2, 0.25) is 0 Å². The van der Waals surface area contributed by atoms with Gasteiger partial charge < -0.3 is 4.57 Å². The molecule has 2 heteroatoms. The van der Waals surface area contributed by atoms with E-state index in [1.54, 1.807) is 0 Å². The Morgan fingerprint density at radius 3 is 2.76 bits per heavy atom. The minimum absolute atomic E-state index is 1.08. The van der Waals surface area contributed by atoms with E-state index in [2.05, 4.69) is 46.8 Å². The molecule has 3 aromatic rings. The predicted molar refractivity (Wildman–Crippen MR) is 72.1 cm³/mol. The second-order valence-corrected chi connectivity index (χ2v) is 4.42. The molecular weight excluding hydrogens is 208 g/mol. The quantitative estimate of drug-likeness (QED) is 0.657. The maximum Gasteiger partial charge on any atom is 0.0677 e. The average molecular weight is 224 g/mol. The number of rotatable bonds is 3. The van der Waals surface area contributed by atoms with E-state index in [1.165, 1.54) is 34.6 Å². The topological polar surface area (TPSA) is 17.8 Å². The summed E-state index contributed by atoms with van der Waals surface area (Å²) in [6.45, 7) is 3.30. The summed E-state index contributed by atoms with van der Waals surface area (Å²) in [7, 11) is 0. The van der Waals surface area contributed by atoms with Crippen LogP contribution in [0.2, 0.25) is 0 Å². The minimum Gasteiger partial charge on any atom is -0.339 e. The number of benzene rings is 1. The summed E-state index contributed by atoms with van der Waals surface area (Å²) < 4.78 is 2.39. The molecule has 0 aliphatic carbocycles. The maximum atomic E-state index is 4.26. The first-order valence-electron chi connectivity index (χ1n) is 6.22. The molecule has 86 valence electrons. The summed E-state index contributed by atoms with van der Waals surface area (Å²) >= 11 is 0. The number of para-hydroxylation sites is 1. The molecule has 0 aliphatic heterocycles. The van der Waals surface area contributed by atoms with Gasteiger partial charge in [0.1, 0.15) is 0 Å². The number of nitrogens with zero attached hydrogens (tertiary/aromatic N) is 2. The molecule has 2 nitrogen and oxygen atoms in total. The van der Waals surface area contributed by atoms with Gasteiger partial charge in [-0.15, -0.1) is 0 Å². The van der Waals surface area contributed by atoms with Crippen LogP contribution in [0.15, 0.2) is 42.7 Å². The van der Waals surface area contributed by atoms with Crippen LogP contribution in [0.4, 0.5) is 0 Å². The highest BCUT2D eigenvalue weighted by Crippen LogP contribution is 2.28. The van der Waals surface area contributed by atoms with E-state index in [1.807, 2.05) is 12.4 Å². The van der Waals surface area contributed by atoms with E-state index < -0.39 is 0 Å². The Kier molecular flexibility index (Phi) is 2.56. The van der Waals surface area contributed by atoms with E-state index in [4.69, 9.17) is 0 Å². The van der Waals surface area contributed by atoms with Gasteiger partial charge in [0.15, 0.2) is 0 Å². The monoisotopic (exact) mass is 224 g/mol. The largest absolute Gasteiger partial charge is 0.339 e. The Morgan fingerprint density at radius 1 is 1.06 bits per heavy atom. The summed E-state index contributed by atoms with van der Waals surface area (Å²) in [6.07, 6.45) is 6.28. The lowest BCUT2D eigenvalue weighted by molar-refractivity contribution is 0.664. The minimum atomic E-state index is 1.08. The molecule has 0 spiro atoms. The first kappa shape index (κ1) is 10.3. The Bertz CT molecular complexity index is 599. The van der Waals surface area contributed by atoms with Crippen LogP contribution in [0.5, 0.6) is 0 Å². The van der Waals surface area contributed by atoms with Gasteiger partial charge in [0.25, 0.3) is 0 Å². The molecule has 2 heterocycles. The van der Waals surface area contributed by atoms with Crippen molar-refractivity contribution in [1.29, 1.82) is 0 Å². The summed E-state index contributed by atoms with van der Waals surface area (Å²) in [5.74, 6) is 0. The van der Waals surface area contributed by atoms with Gasteiger partial charge in [-0.25, -0.2) is 0 Å². The van der Waals surface area contributed by atoms with Crippen LogP contribution in [0.25, 0.3) is 21.8 Å². The number of aromatic nitrogens is 2. The molecule has 2 aromatic heterocycles. The van der Waals surface area contributed by atoms with Crippen molar-refractivity contribution in [3.8, 4) is 0 Å². The van der Waals surface area contributed by atoms with E-state index in [0.717, 1.165) is 6.54 Å². The normalized spacial score (nSPS) is 11.4. The fourth-order valence-electron chi connectivity index (χ4n) is 2.45. The van der Waals surface area contributed by atoms with Gasteiger partial charge in [-0.1, -0.05) is 31.5 Å². The van der Waals surface area contributed by atoms with Crippen molar-refractivity contribution in [2.45, 2.75) is 26.3 Å². The molecule has 17 heavy (non-hydrogen) atoms. The molecule has 0 bridgehead atoms. The zero-order valence-corrected chi connectivity index (χ0v) is 10.1. The van der Waals surface area contributed by atoms with Crippen LogP contribution in [0.3, 0.4) is 0 Å². The molecular formula is C15H16N2. The number of hydrogen-bond donors (Lipinski definition) is 0. The Hall–Kier alpha value is -1.83. The summed E-state index contributed by atoms with van der Waals surface area (Å²) in [6, 6.07) is 10.7. The first-order chi connectivity index (χ1) is 8.42. The molecule has 0 saturated carbocycles. The molecule has 0 saturated heterocycles. The number of aryl methyl sites for hydroxylation is 1. The van der Waals surface area contributed by atoms with Crippen molar-refractivity contribution in [3.05, 3.63) is 42.7 Å². The highest BCUT2D eigenvalue weighted by Gasteiger charge is 2.08. The number of unbranched alkanes of at least 4 members (excludes halogenated alkanes) is 1. The Balaban J connectivity index is 2.33. The van der Waals surface area contributed by atoms with Crippen molar-refractivity contribution in [2.24, 2.45) is 0 Å². The third-order valence-corrected chi connectivity index (χ3v) is 3.31. The highest BCUT2D eigenvalue weighted by atomic mass is 15.0. The first-order valence-corrected chi connectivity index (χ1v) is 6.22. The summed E-state index contributed by atoms with van der Waals surface area (Å²) in [5.41, 5.74) is 2.58. The van der Waals surface area contributed by atoms with E-state index in [-0.39, 0.29) is 0 Å². The summed E-state index contributed by atoms with van der Waals surface area (Å²) in [5, 5.41) is 2.65. The molecule has 1 aromatic carbocycles. The van der Waals surface area contributed by atoms with Gasteiger partial charge in [-0.05, 0) is 18.6 Å². The van der Waals surface area contributed by atoms with Crippen molar-refractivity contribution < 1.29 is 0 Å². The van der Waals surface area contributed by atoms with Gasteiger partial charge in [-0.2, -0.15) is 0 Å². The third-order valence-electron chi connectivity index (χ3n) is 3.31. The van der Waals surface area contributed by atoms with Crippen LogP contribution in [0.1, 0.15) is 19.8 Å². The van der Waals surface area contributed by atoms with Crippen LogP contribution in [-0.2, 0) is 6.54 Å². The molecule has 0 unspecified atom stereocenters. The van der Waals surface area contributed by atoms with Crippen molar-refractivity contribution in [2.75, 3.05) is 0 Å². The molecule has 0 radical (unpaired) electrons. The Labute approximate surface area is 101 Å². The van der Waals surface area contributed by atoms with E-state index in [0.29, 0.717) is 0 Å². The lowest BCUT2D eigenvalue weighted by atomic mass is 10.2. The van der Waals surface area contributed by atoms with Gasteiger partial charge >= 0.3 is 0 Å². The Morgan fingerprint density at radius 2 is 1.88 bits per heavy atom. The zero-order chi connectivity index (χ0) is 11.7. The van der Waals surface area contributed by atoms with Crippen LogP contribution in [0, 0.1) is 0 Å². The van der Waals surface area contributed by atoms with Crippen LogP contribution in [-0.4, -0.2) is 9.55 Å². The molecule has 0 N–H and O–H groups in total. The maximum absolute atomic E-state index is 4.26. The van der Waals surface area contributed by atoms with Crippen molar-refractivity contribution in [1.82, 2.24) is 9.55 Å². The van der Waals surface area contributed by atoms with Crippen molar-refractivity contribution >= 4 is 21.8 Å². The third kappa shape index (κ3) is 1.60. The fourth-order valence-corrected chi connectivity index (χ4v) is 2.45. The SMILES string of the molecule is CCCCn1c2ccccc2c2ccncc21. The molecule has 0 amide bonds. The second-order valence-electron chi connectivity index (χ2n) is 4.42. The number of hydrogen-bond acceptors (Lipinski definition) is 1. The van der Waals surface area contributed by atoms with Gasteiger partial charge in [-0.3, -0.25) is 4.98 Å². The highest BCUT2D eigenvalue weighted by molar-refractivity contribution is 6.07. The van der Waals surface area contributed by atoms with Gasteiger partial charge in [0, 0.05) is 29.0 Å². The fraction of sp³-hybridized carbons (Fsp3) is 0.267. The number of fused-ring (bicyclic) bond motifs is 3. The average Bonchev–Trinajstić information content (AvgIpc) is 2.71. The zero-order valence-electron chi connectivity index (χ0n) is 10.1. The standard InChI is InChI=1S/C15H16N2/c1-2-3-10-17-14-7-5-4-6-12(14)13-8-9-16-11-15(13)17/h4-9,11H,2-3,10H2,1H3. The summed E-state index contributed by atoms with van der Waals surface area (Å²) in [4.78, 5) is 4.26. The molecule has 0 atom stereocenters. The van der Waals surface area contributed by atoms with Gasteiger partial charge in [0.05, 0.1) is 11.7 Å². The van der Waals surface area contributed by atoms with Crippen LogP contribution >= 0.6 is 0 Å². The molecule has 0 fully saturated rings. The second kappa shape index (κ2) is 4.21. The predicted octanol–water partition coefficient (Wildman–Crippen LogP) is 3.99. The van der Waals surface area contributed by atoms with Crippen molar-refractivity contribution in [3.63, 3.8) is 0 Å². The van der Waals surface area contributed by atoms with Crippen LogP contribution < -0.4 is 0 Å². The molecule has 3 rings (SSSR count). The smallest absolute Gasteiger partial charge is 0.0677 e. The lowest BCUT2D eigenvalue weighted by Crippen LogP contribution is -1.96. The van der Waals surface area contributed by atoms with E-state index in [9.17, 15) is 0 Å². The molecule has 0 aliphatic rings. The lowest BCUT2D eigenvalue weighted by Gasteiger charge is -2.05. The van der Waals surface area contributed by atoms with E-state index >= 15 is 0 Å². The number of pyridine rings is 1.